The van der Waals surface area contributed by atoms with Crippen molar-refractivity contribution in [1.29, 1.82) is 0 Å². The highest BCUT2D eigenvalue weighted by Gasteiger charge is 2.41. The van der Waals surface area contributed by atoms with Crippen molar-refractivity contribution in [2.24, 2.45) is 5.92 Å². The van der Waals surface area contributed by atoms with E-state index in [1.165, 1.54) is 0 Å². The monoisotopic (exact) mass is 267 g/mol. The molecule has 0 bridgehead atoms. The highest BCUT2D eigenvalue weighted by molar-refractivity contribution is 4.84. The van der Waals surface area contributed by atoms with Crippen molar-refractivity contribution in [1.82, 2.24) is 5.32 Å². The Balaban J connectivity index is 2.32. The van der Waals surface area contributed by atoms with Crippen LogP contribution in [0.3, 0.4) is 0 Å². The maximum atomic E-state index is 12.5. The van der Waals surface area contributed by atoms with Crippen LogP contribution in [-0.2, 0) is 0 Å². The molecule has 0 unspecified atom stereocenters. The summed E-state index contributed by atoms with van der Waals surface area (Å²) in [5.74, 6) is -1.13. The van der Waals surface area contributed by atoms with E-state index in [1.54, 1.807) is 0 Å². The van der Waals surface area contributed by atoms with Crippen molar-refractivity contribution >= 4 is 0 Å². The molecule has 0 aromatic heterocycles. The van der Waals surface area contributed by atoms with Crippen molar-refractivity contribution in [3.8, 4) is 0 Å². The molecule has 0 aliphatic heterocycles. The van der Waals surface area contributed by atoms with E-state index >= 15 is 0 Å². The molecule has 1 aliphatic carbocycles. The predicted molar refractivity (Wildman–Crippen MR) is 65.3 cm³/mol. The van der Waals surface area contributed by atoms with Gasteiger partial charge in [0, 0.05) is 12.6 Å². The van der Waals surface area contributed by atoms with Gasteiger partial charge in [-0.05, 0) is 38.5 Å². The minimum absolute atomic E-state index is 0.119. The van der Waals surface area contributed by atoms with Crippen molar-refractivity contribution < 1.29 is 18.3 Å². The Morgan fingerprint density at radius 1 is 1.06 bits per heavy atom. The molecule has 1 aliphatic rings. The van der Waals surface area contributed by atoms with E-state index in [1.807, 2.05) is 13.8 Å². The van der Waals surface area contributed by atoms with E-state index < -0.39 is 17.7 Å². The van der Waals surface area contributed by atoms with Gasteiger partial charge in [0.05, 0.1) is 11.5 Å². The molecule has 0 saturated heterocycles. The maximum absolute atomic E-state index is 12.5. The van der Waals surface area contributed by atoms with Crippen molar-refractivity contribution in [3.05, 3.63) is 0 Å². The number of nitrogens with one attached hydrogen (secondary N) is 1. The summed E-state index contributed by atoms with van der Waals surface area (Å²) in [5.41, 5.74) is -0.721. The smallest absolute Gasteiger partial charge is 0.389 e. The van der Waals surface area contributed by atoms with Crippen molar-refractivity contribution in [3.63, 3.8) is 0 Å². The number of hydrogen-bond acceptors (Lipinski definition) is 2. The summed E-state index contributed by atoms with van der Waals surface area (Å²) in [5, 5.41) is 13.3. The third-order valence-corrected chi connectivity index (χ3v) is 4.23. The number of halogens is 3. The first-order chi connectivity index (χ1) is 8.30. The molecule has 0 aromatic carbocycles. The molecule has 1 fully saturated rings. The highest BCUT2D eigenvalue weighted by atomic mass is 19.4. The van der Waals surface area contributed by atoms with Crippen LogP contribution < -0.4 is 5.32 Å². The van der Waals surface area contributed by atoms with Gasteiger partial charge in [-0.1, -0.05) is 13.8 Å². The minimum atomic E-state index is -4.04. The maximum Gasteiger partial charge on any atom is 0.391 e. The van der Waals surface area contributed by atoms with Crippen LogP contribution in [0, 0.1) is 5.92 Å². The lowest BCUT2D eigenvalue weighted by atomic mass is 9.85. The fourth-order valence-corrected chi connectivity index (χ4v) is 2.46. The first kappa shape index (κ1) is 15.8. The third kappa shape index (κ3) is 4.43. The van der Waals surface area contributed by atoms with Gasteiger partial charge in [-0.15, -0.1) is 0 Å². The predicted octanol–water partition coefficient (Wildman–Crippen LogP) is 3.25. The standard InChI is InChI=1S/C13H24F3NO/c1-3-12(18,4-2)9-17-11-7-5-10(6-8-11)13(14,15)16/h10-11,17-18H,3-9H2,1-2H3. The molecule has 0 amide bonds. The molecule has 0 aromatic rings. The van der Waals surface area contributed by atoms with E-state index in [0.717, 1.165) is 0 Å². The number of rotatable bonds is 5. The number of aliphatic hydroxyl groups is 1. The molecule has 18 heavy (non-hydrogen) atoms. The fraction of sp³-hybridized carbons (Fsp3) is 1.00. The Morgan fingerprint density at radius 2 is 1.56 bits per heavy atom. The van der Waals surface area contributed by atoms with E-state index in [0.29, 0.717) is 32.2 Å². The lowest BCUT2D eigenvalue weighted by molar-refractivity contribution is -0.182. The summed E-state index contributed by atoms with van der Waals surface area (Å²) >= 11 is 0. The zero-order chi connectivity index (χ0) is 13.8. The molecular weight excluding hydrogens is 243 g/mol. The minimum Gasteiger partial charge on any atom is -0.389 e. The Kier molecular flexibility index (Phi) is 5.46. The average Bonchev–Trinajstić information content (AvgIpc) is 2.35. The second kappa shape index (κ2) is 6.24. The van der Waals surface area contributed by atoms with Gasteiger partial charge in [-0.3, -0.25) is 0 Å². The number of hydrogen-bond donors (Lipinski definition) is 2. The largest absolute Gasteiger partial charge is 0.391 e. The molecule has 0 radical (unpaired) electrons. The van der Waals surface area contributed by atoms with Crippen LogP contribution in [0.4, 0.5) is 13.2 Å². The van der Waals surface area contributed by atoms with Crippen LogP contribution in [0.25, 0.3) is 0 Å². The second-order valence-electron chi connectivity index (χ2n) is 5.40. The normalized spacial score (nSPS) is 26.3. The van der Waals surface area contributed by atoms with Crippen LogP contribution in [0.5, 0.6) is 0 Å². The van der Waals surface area contributed by atoms with Gasteiger partial charge in [0.25, 0.3) is 0 Å². The number of alkyl halides is 3. The fourth-order valence-electron chi connectivity index (χ4n) is 2.46. The van der Waals surface area contributed by atoms with Crippen LogP contribution in [0.2, 0.25) is 0 Å². The molecule has 108 valence electrons. The van der Waals surface area contributed by atoms with Crippen molar-refractivity contribution in [2.75, 3.05) is 6.54 Å². The SMILES string of the molecule is CCC(O)(CC)CNC1CCC(C(F)(F)F)CC1. The Labute approximate surface area is 107 Å². The molecule has 1 rings (SSSR count). The van der Waals surface area contributed by atoms with Gasteiger partial charge in [-0.2, -0.15) is 13.2 Å². The molecule has 1 saturated carbocycles. The van der Waals surface area contributed by atoms with Crippen molar-refractivity contribution in [2.45, 2.75) is 70.2 Å². The lowest BCUT2D eigenvalue weighted by Crippen LogP contribution is -2.45. The second-order valence-corrected chi connectivity index (χ2v) is 5.40. The van der Waals surface area contributed by atoms with Crippen LogP contribution in [0.1, 0.15) is 52.4 Å². The Morgan fingerprint density at radius 3 is 1.94 bits per heavy atom. The summed E-state index contributed by atoms with van der Waals surface area (Å²) < 4.78 is 37.5. The van der Waals surface area contributed by atoms with Gasteiger partial charge < -0.3 is 10.4 Å². The first-order valence-corrected chi connectivity index (χ1v) is 6.83. The summed E-state index contributed by atoms with van der Waals surface area (Å²) in [4.78, 5) is 0. The van der Waals surface area contributed by atoms with Gasteiger partial charge in [0.2, 0.25) is 0 Å². The van der Waals surface area contributed by atoms with E-state index in [4.69, 9.17) is 0 Å². The average molecular weight is 267 g/mol. The molecule has 0 atom stereocenters. The van der Waals surface area contributed by atoms with Crippen LogP contribution in [-0.4, -0.2) is 29.5 Å². The third-order valence-electron chi connectivity index (χ3n) is 4.23. The first-order valence-electron chi connectivity index (χ1n) is 6.83. The van der Waals surface area contributed by atoms with E-state index in [2.05, 4.69) is 5.32 Å². The summed E-state index contributed by atoms with van der Waals surface area (Å²) in [6.45, 7) is 4.32. The zero-order valence-corrected chi connectivity index (χ0v) is 11.2. The Hall–Kier alpha value is -0.290. The van der Waals surface area contributed by atoms with Gasteiger partial charge in [0.1, 0.15) is 0 Å². The summed E-state index contributed by atoms with van der Waals surface area (Å²) in [6, 6.07) is 0.119. The lowest BCUT2D eigenvalue weighted by Gasteiger charge is -2.33. The molecular formula is C13H24F3NO. The van der Waals surface area contributed by atoms with Gasteiger partial charge in [0.15, 0.2) is 0 Å². The molecule has 2 nitrogen and oxygen atoms in total. The van der Waals surface area contributed by atoms with E-state index in [-0.39, 0.29) is 18.9 Å². The molecule has 5 heteroatoms. The van der Waals surface area contributed by atoms with Gasteiger partial charge >= 0.3 is 6.18 Å². The topological polar surface area (TPSA) is 32.3 Å². The van der Waals surface area contributed by atoms with Crippen LogP contribution >= 0.6 is 0 Å². The molecule has 0 spiro atoms. The van der Waals surface area contributed by atoms with Crippen LogP contribution in [0.15, 0.2) is 0 Å². The van der Waals surface area contributed by atoms with Gasteiger partial charge in [-0.25, -0.2) is 0 Å². The quantitative estimate of drug-likeness (QED) is 0.801. The van der Waals surface area contributed by atoms with E-state index in [9.17, 15) is 18.3 Å². The molecule has 2 N–H and O–H groups in total. The zero-order valence-electron chi connectivity index (χ0n) is 11.2. The summed E-state index contributed by atoms with van der Waals surface area (Å²) in [6.07, 6.45) is -1.21. The highest BCUT2D eigenvalue weighted by Crippen LogP contribution is 2.37. The Bertz CT molecular complexity index is 243. The summed E-state index contributed by atoms with van der Waals surface area (Å²) in [7, 11) is 0. The molecule has 0 heterocycles.